The molecule has 1 saturated carbocycles. The fourth-order valence-corrected chi connectivity index (χ4v) is 1.69. The molecule has 1 aromatic heterocycles. The fraction of sp³-hybridized carbons (Fsp3) is 0.667. The quantitative estimate of drug-likeness (QED) is 0.764. The Balaban J connectivity index is 2.33. The lowest BCUT2D eigenvalue weighted by Gasteiger charge is -2.04. The largest absolute Gasteiger partial charge is 0.378 e. The van der Waals surface area contributed by atoms with Crippen LogP contribution in [0.15, 0.2) is 0 Å². The first-order valence-corrected chi connectivity index (χ1v) is 4.88. The molecule has 0 aromatic carbocycles. The Labute approximate surface area is 87.4 Å². The summed E-state index contributed by atoms with van der Waals surface area (Å²) < 4.78 is 6.78. The fourth-order valence-electron chi connectivity index (χ4n) is 1.69. The number of primary amides is 1. The zero-order valence-electron chi connectivity index (χ0n) is 8.80. The van der Waals surface area contributed by atoms with Crippen LogP contribution in [0, 0.1) is 5.92 Å². The number of methoxy groups -OCH3 is 1. The van der Waals surface area contributed by atoms with E-state index in [-0.39, 0.29) is 5.69 Å². The molecule has 82 valence electrons. The first-order chi connectivity index (χ1) is 7.15. The zero-order chi connectivity index (χ0) is 11.0. The summed E-state index contributed by atoms with van der Waals surface area (Å²) in [6, 6.07) is 0.343. The van der Waals surface area contributed by atoms with Crippen LogP contribution < -0.4 is 5.73 Å². The average molecular weight is 210 g/mol. The highest BCUT2D eigenvalue weighted by atomic mass is 16.5. The van der Waals surface area contributed by atoms with Crippen molar-refractivity contribution in [1.82, 2.24) is 15.0 Å². The molecule has 1 aliphatic carbocycles. The zero-order valence-corrected chi connectivity index (χ0v) is 8.80. The maximum Gasteiger partial charge on any atom is 0.271 e. The number of nitrogens with two attached hydrogens (primary N) is 1. The normalized spacial score (nSPS) is 24.1. The summed E-state index contributed by atoms with van der Waals surface area (Å²) in [7, 11) is 1.57. The van der Waals surface area contributed by atoms with E-state index in [0.29, 0.717) is 24.3 Å². The van der Waals surface area contributed by atoms with Gasteiger partial charge >= 0.3 is 0 Å². The van der Waals surface area contributed by atoms with E-state index in [1.807, 2.05) is 0 Å². The Bertz CT molecular complexity index is 387. The van der Waals surface area contributed by atoms with Gasteiger partial charge in [0.25, 0.3) is 5.91 Å². The Morgan fingerprint density at radius 1 is 1.73 bits per heavy atom. The molecule has 0 radical (unpaired) electrons. The lowest BCUT2D eigenvalue weighted by Crippen LogP contribution is -2.15. The molecule has 2 unspecified atom stereocenters. The van der Waals surface area contributed by atoms with E-state index in [4.69, 9.17) is 10.5 Å². The number of amides is 1. The maximum absolute atomic E-state index is 11.1. The third-order valence-electron chi connectivity index (χ3n) is 2.69. The molecule has 1 amide bonds. The Morgan fingerprint density at radius 3 is 2.87 bits per heavy atom. The minimum Gasteiger partial charge on any atom is -0.378 e. The molecule has 1 aromatic rings. The predicted molar refractivity (Wildman–Crippen MR) is 52.1 cm³/mol. The topological polar surface area (TPSA) is 83.0 Å². The number of rotatable bonds is 4. The van der Waals surface area contributed by atoms with Crippen molar-refractivity contribution >= 4 is 5.91 Å². The minimum atomic E-state index is -0.554. The van der Waals surface area contributed by atoms with Crippen LogP contribution in [-0.2, 0) is 11.3 Å². The van der Waals surface area contributed by atoms with Crippen molar-refractivity contribution in [2.75, 3.05) is 7.11 Å². The number of hydrogen-bond acceptors (Lipinski definition) is 4. The monoisotopic (exact) mass is 210 g/mol. The molecule has 1 fully saturated rings. The molecule has 0 aliphatic heterocycles. The summed E-state index contributed by atoms with van der Waals surface area (Å²) in [5.41, 5.74) is 6.10. The van der Waals surface area contributed by atoms with Gasteiger partial charge in [-0.05, 0) is 12.3 Å². The molecule has 0 spiro atoms. The highest BCUT2D eigenvalue weighted by Crippen LogP contribution is 2.42. The molecular weight excluding hydrogens is 196 g/mol. The van der Waals surface area contributed by atoms with E-state index in [2.05, 4.69) is 17.2 Å². The Morgan fingerprint density at radius 2 is 2.40 bits per heavy atom. The number of carbonyl (C=O) groups is 1. The number of hydrogen-bond donors (Lipinski definition) is 1. The van der Waals surface area contributed by atoms with Gasteiger partial charge in [-0.25, -0.2) is 4.68 Å². The summed E-state index contributed by atoms with van der Waals surface area (Å²) >= 11 is 0. The van der Waals surface area contributed by atoms with Gasteiger partial charge in [-0.15, -0.1) is 5.10 Å². The summed E-state index contributed by atoms with van der Waals surface area (Å²) in [4.78, 5) is 11.1. The lowest BCUT2D eigenvalue weighted by atomic mass is 10.3. The van der Waals surface area contributed by atoms with Gasteiger partial charge in [0.2, 0.25) is 0 Å². The molecule has 2 atom stereocenters. The molecule has 1 heterocycles. The van der Waals surface area contributed by atoms with Crippen molar-refractivity contribution in [1.29, 1.82) is 0 Å². The smallest absolute Gasteiger partial charge is 0.271 e. The number of aromatic nitrogens is 3. The van der Waals surface area contributed by atoms with Gasteiger partial charge in [0.15, 0.2) is 5.69 Å². The van der Waals surface area contributed by atoms with Gasteiger partial charge in [-0.3, -0.25) is 4.79 Å². The third-order valence-corrected chi connectivity index (χ3v) is 2.69. The van der Waals surface area contributed by atoms with Gasteiger partial charge in [0.1, 0.15) is 0 Å². The van der Waals surface area contributed by atoms with Crippen molar-refractivity contribution in [3.8, 4) is 0 Å². The van der Waals surface area contributed by atoms with Crippen molar-refractivity contribution in [3.05, 3.63) is 11.4 Å². The first-order valence-electron chi connectivity index (χ1n) is 4.88. The van der Waals surface area contributed by atoms with Gasteiger partial charge in [0, 0.05) is 7.11 Å². The third kappa shape index (κ3) is 1.72. The summed E-state index contributed by atoms with van der Waals surface area (Å²) in [5.74, 6) is 0.0321. The molecule has 1 aliphatic rings. The maximum atomic E-state index is 11.1. The molecule has 2 N–H and O–H groups in total. The van der Waals surface area contributed by atoms with E-state index in [1.165, 1.54) is 0 Å². The van der Waals surface area contributed by atoms with Crippen molar-refractivity contribution in [2.45, 2.75) is 26.0 Å². The van der Waals surface area contributed by atoms with Crippen molar-refractivity contribution < 1.29 is 9.53 Å². The average Bonchev–Trinajstić information content (AvgIpc) is 2.76. The highest BCUT2D eigenvalue weighted by molar-refractivity contribution is 5.91. The van der Waals surface area contributed by atoms with Crippen molar-refractivity contribution in [3.63, 3.8) is 0 Å². The van der Waals surface area contributed by atoms with Crippen LogP contribution in [-0.4, -0.2) is 28.0 Å². The number of nitrogens with zero attached hydrogens (tertiary/aromatic N) is 3. The molecule has 0 saturated heterocycles. The van der Waals surface area contributed by atoms with Crippen LogP contribution >= 0.6 is 0 Å². The number of carbonyl (C=O) groups excluding carboxylic acids is 1. The minimum absolute atomic E-state index is 0.218. The molecular formula is C9H14N4O2. The van der Waals surface area contributed by atoms with Gasteiger partial charge in [-0.2, -0.15) is 0 Å². The first kappa shape index (κ1) is 10.1. The summed E-state index contributed by atoms with van der Waals surface area (Å²) in [5, 5.41) is 7.74. The Kier molecular flexibility index (Phi) is 2.44. The highest BCUT2D eigenvalue weighted by Gasteiger charge is 2.38. The summed E-state index contributed by atoms with van der Waals surface area (Å²) in [6.07, 6.45) is 1.07. The molecule has 6 heteroatoms. The van der Waals surface area contributed by atoms with E-state index < -0.39 is 5.91 Å². The van der Waals surface area contributed by atoms with Crippen LogP contribution in [0.5, 0.6) is 0 Å². The van der Waals surface area contributed by atoms with E-state index in [0.717, 1.165) is 6.42 Å². The van der Waals surface area contributed by atoms with E-state index in [9.17, 15) is 4.79 Å². The molecule has 2 rings (SSSR count). The molecule has 6 nitrogen and oxygen atoms in total. The summed E-state index contributed by atoms with van der Waals surface area (Å²) in [6.45, 7) is 2.45. The van der Waals surface area contributed by atoms with E-state index in [1.54, 1.807) is 11.8 Å². The molecule has 0 bridgehead atoms. The van der Waals surface area contributed by atoms with E-state index >= 15 is 0 Å². The SMILES string of the molecule is COCc1c(C(N)=O)nnn1C1CC1C. The van der Waals surface area contributed by atoms with Crippen molar-refractivity contribution in [2.24, 2.45) is 11.7 Å². The second kappa shape index (κ2) is 3.62. The van der Waals surface area contributed by atoms with Crippen LogP contribution in [0.25, 0.3) is 0 Å². The predicted octanol–water partition coefficient (Wildman–Crippen LogP) is 0.104. The molecule has 15 heavy (non-hydrogen) atoms. The second-order valence-corrected chi connectivity index (χ2v) is 3.91. The number of ether oxygens (including phenoxy) is 1. The van der Waals surface area contributed by atoms with Crippen LogP contribution in [0.4, 0.5) is 0 Å². The van der Waals surface area contributed by atoms with Crippen LogP contribution in [0.3, 0.4) is 0 Å². The van der Waals surface area contributed by atoms with Gasteiger partial charge in [0.05, 0.1) is 18.3 Å². The Hall–Kier alpha value is -1.43. The van der Waals surface area contributed by atoms with Gasteiger partial charge in [-0.1, -0.05) is 12.1 Å². The standard InChI is InChI=1S/C9H14N4O2/c1-5-3-6(5)13-7(4-15-2)8(9(10)14)11-12-13/h5-6H,3-4H2,1-2H3,(H2,10,14). The lowest BCUT2D eigenvalue weighted by molar-refractivity contribution is 0.0989. The van der Waals surface area contributed by atoms with Crippen LogP contribution in [0.1, 0.15) is 35.6 Å². The second-order valence-electron chi connectivity index (χ2n) is 3.91. The van der Waals surface area contributed by atoms with Crippen LogP contribution in [0.2, 0.25) is 0 Å². The van der Waals surface area contributed by atoms with Gasteiger partial charge < -0.3 is 10.5 Å².